The first-order valence-corrected chi connectivity index (χ1v) is 5.08. The molecular formula is C12H18O5. The van der Waals surface area contributed by atoms with E-state index in [2.05, 4.69) is 4.89 Å². The molecule has 0 atom stereocenters. The molecule has 0 bridgehead atoms. The summed E-state index contributed by atoms with van der Waals surface area (Å²) in [6.45, 7) is 6.93. The summed E-state index contributed by atoms with van der Waals surface area (Å²) in [6, 6.07) is 9.45. The zero-order valence-corrected chi connectivity index (χ0v) is 10.5. The minimum Gasteiger partial charge on any atom is -0.337 e. The lowest BCUT2D eigenvalue weighted by molar-refractivity contribution is -0.274. The number of para-hydroxylation sites is 1. The molecular weight excluding hydrogens is 224 g/mol. The molecule has 0 unspecified atom stereocenters. The van der Waals surface area contributed by atoms with Crippen LogP contribution in [0.4, 0.5) is 0 Å². The molecule has 1 rings (SSSR count). The predicted octanol–water partition coefficient (Wildman–Crippen LogP) is 2.82. The molecule has 1 aromatic rings. The molecule has 0 spiro atoms. The van der Waals surface area contributed by atoms with E-state index in [1.165, 1.54) is 0 Å². The Bertz CT molecular complexity index is 315. The number of rotatable bonds is 2. The molecule has 17 heavy (non-hydrogen) atoms. The minimum atomic E-state index is -0.690. The average molecular weight is 242 g/mol. The number of carbonyl (C=O) groups excluding carboxylic acids is 1. The molecule has 0 aliphatic rings. The van der Waals surface area contributed by atoms with E-state index in [-0.39, 0.29) is 5.60 Å². The SMILES string of the molecule is CC(=O)OO.CC(C)(C)OOc1ccccc1. The van der Waals surface area contributed by atoms with Gasteiger partial charge in [-0.25, -0.2) is 4.79 Å². The Morgan fingerprint density at radius 3 is 2.00 bits per heavy atom. The highest BCUT2D eigenvalue weighted by atomic mass is 17.2. The normalized spacial score (nSPS) is 9.94. The highest BCUT2D eigenvalue weighted by Gasteiger charge is 2.11. The van der Waals surface area contributed by atoms with Crippen LogP contribution in [-0.4, -0.2) is 16.8 Å². The van der Waals surface area contributed by atoms with Crippen molar-refractivity contribution < 1.29 is 24.7 Å². The van der Waals surface area contributed by atoms with E-state index in [1.54, 1.807) is 0 Å². The molecule has 0 saturated heterocycles. The Labute approximate surface area is 101 Å². The molecule has 0 amide bonds. The molecule has 96 valence electrons. The minimum absolute atomic E-state index is 0.268. The zero-order valence-electron chi connectivity index (χ0n) is 10.5. The maximum Gasteiger partial charge on any atom is 0.339 e. The van der Waals surface area contributed by atoms with Crippen molar-refractivity contribution in [2.24, 2.45) is 0 Å². The van der Waals surface area contributed by atoms with E-state index in [0.29, 0.717) is 0 Å². The van der Waals surface area contributed by atoms with Gasteiger partial charge in [0.1, 0.15) is 5.60 Å². The largest absolute Gasteiger partial charge is 0.339 e. The van der Waals surface area contributed by atoms with E-state index in [4.69, 9.17) is 15.0 Å². The molecule has 0 fully saturated rings. The summed E-state index contributed by atoms with van der Waals surface area (Å²) in [4.78, 5) is 22.6. The smallest absolute Gasteiger partial charge is 0.337 e. The number of benzene rings is 1. The zero-order chi connectivity index (χ0) is 13.3. The van der Waals surface area contributed by atoms with E-state index in [9.17, 15) is 4.79 Å². The Hall–Kier alpha value is -1.59. The summed E-state index contributed by atoms with van der Waals surface area (Å²) in [5, 5.41) is 7.29. The van der Waals surface area contributed by atoms with Gasteiger partial charge in [0.2, 0.25) is 0 Å². The van der Waals surface area contributed by atoms with Crippen molar-refractivity contribution in [3.05, 3.63) is 30.3 Å². The van der Waals surface area contributed by atoms with Gasteiger partial charge in [-0.2, -0.15) is 10.1 Å². The van der Waals surface area contributed by atoms with Crippen molar-refractivity contribution in [1.29, 1.82) is 0 Å². The molecule has 0 aliphatic heterocycles. The third-order valence-electron chi connectivity index (χ3n) is 1.26. The van der Waals surface area contributed by atoms with Gasteiger partial charge in [-0.15, -0.1) is 0 Å². The Morgan fingerprint density at radius 2 is 1.65 bits per heavy atom. The van der Waals surface area contributed by atoms with Crippen molar-refractivity contribution in [1.82, 2.24) is 0 Å². The first-order chi connectivity index (χ1) is 7.85. The van der Waals surface area contributed by atoms with Gasteiger partial charge in [0.05, 0.1) is 0 Å². The summed E-state index contributed by atoms with van der Waals surface area (Å²) in [7, 11) is 0. The van der Waals surface area contributed by atoms with Crippen LogP contribution < -0.4 is 4.89 Å². The predicted molar refractivity (Wildman–Crippen MR) is 62.3 cm³/mol. The lowest BCUT2D eigenvalue weighted by Gasteiger charge is -2.17. The lowest BCUT2D eigenvalue weighted by Crippen LogP contribution is -2.21. The van der Waals surface area contributed by atoms with E-state index >= 15 is 0 Å². The molecule has 0 aromatic heterocycles. The second-order valence-corrected chi connectivity index (χ2v) is 4.17. The van der Waals surface area contributed by atoms with Gasteiger partial charge in [-0.05, 0) is 32.9 Å². The van der Waals surface area contributed by atoms with Gasteiger partial charge in [0, 0.05) is 6.92 Å². The van der Waals surface area contributed by atoms with Gasteiger partial charge in [-0.3, -0.25) is 0 Å². The molecule has 0 aliphatic carbocycles. The van der Waals surface area contributed by atoms with E-state index < -0.39 is 5.97 Å². The van der Waals surface area contributed by atoms with Crippen molar-refractivity contribution in [2.45, 2.75) is 33.3 Å². The maximum absolute atomic E-state index is 9.34. The summed E-state index contributed by atoms with van der Waals surface area (Å²) >= 11 is 0. The van der Waals surface area contributed by atoms with Crippen LogP contribution in [-0.2, 0) is 14.6 Å². The first-order valence-electron chi connectivity index (χ1n) is 5.08. The first kappa shape index (κ1) is 15.4. The summed E-state index contributed by atoms with van der Waals surface area (Å²) < 4.78 is 0. The summed E-state index contributed by atoms with van der Waals surface area (Å²) in [5.74, 6) is 0.0393. The molecule has 0 radical (unpaired) electrons. The van der Waals surface area contributed by atoms with Crippen LogP contribution in [0.1, 0.15) is 27.7 Å². The van der Waals surface area contributed by atoms with Gasteiger partial charge in [-0.1, -0.05) is 18.2 Å². The second kappa shape index (κ2) is 7.65. The van der Waals surface area contributed by atoms with Crippen LogP contribution in [0, 0.1) is 0 Å². The van der Waals surface area contributed by atoms with Gasteiger partial charge >= 0.3 is 5.97 Å². The third-order valence-corrected chi connectivity index (χ3v) is 1.26. The highest BCUT2D eigenvalue weighted by molar-refractivity contribution is 5.64. The topological polar surface area (TPSA) is 65.0 Å². The van der Waals surface area contributed by atoms with Crippen molar-refractivity contribution in [3.63, 3.8) is 0 Å². The fraction of sp³-hybridized carbons (Fsp3) is 0.417. The number of carbonyl (C=O) groups is 1. The fourth-order valence-corrected chi connectivity index (χ4v) is 0.649. The molecule has 0 heterocycles. The Kier molecular flexibility index (Phi) is 6.93. The molecule has 5 heteroatoms. The molecule has 5 nitrogen and oxygen atoms in total. The van der Waals surface area contributed by atoms with Gasteiger partial charge in [0.15, 0.2) is 5.75 Å². The molecule has 1 N–H and O–H groups in total. The van der Waals surface area contributed by atoms with Gasteiger partial charge < -0.3 is 9.78 Å². The quantitative estimate of drug-likeness (QED) is 0.638. The van der Waals surface area contributed by atoms with Crippen LogP contribution in [0.2, 0.25) is 0 Å². The monoisotopic (exact) mass is 242 g/mol. The van der Waals surface area contributed by atoms with Crippen LogP contribution in [0.25, 0.3) is 0 Å². The summed E-state index contributed by atoms with van der Waals surface area (Å²) in [5.41, 5.74) is -0.268. The number of hydrogen-bond acceptors (Lipinski definition) is 5. The lowest BCUT2D eigenvalue weighted by atomic mass is 10.2. The Balaban J connectivity index is 0.000000437. The van der Waals surface area contributed by atoms with E-state index in [1.807, 2.05) is 51.1 Å². The van der Waals surface area contributed by atoms with Crippen molar-refractivity contribution in [2.75, 3.05) is 0 Å². The number of hydrogen-bond donors (Lipinski definition) is 1. The van der Waals surface area contributed by atoms with E-state index in [0.717, 1.165) is 12.7 Å². The maximum atomic E-state index is 9.34. The van der Waals surface area contributed by atoms with Gasteiger partial charge in [0.25, 0.3) is 0 Å². The molecule has 0 saturated carbocycles. The van der Waals surface area contributed by atoms with Crippen LogP contribution in [0.3, 0.4) is 0 Å². The highest BCUT2D eigenvalue weighted by Crippen LogP contribution is 2.13. The van der Waals surface area contributed by atoms with Crippen LogP contribution in [0.15, 0.2) is 30.3 Å². The van der Waals surface area contributed by atoms with Crippen LogP contribution in [0.5, 0.6) is 5.75 Å². The second-order valence-electron chi connectivity index (χ2n) is 4.17. The van der Waals surface area contributed by atoms with Crippen molar-refractivity contribution in [3.8, 4) is 5.75 Å². The third kappa shape index (κ3) is 10.7. The Morgan fingerprint density at radius 1 is 1.18 bits per heavy atom. The molecule has 1 aromatic carbocycles. The van der Waals surface area contributed by atoms with Crippen molar-refractivity contribution >= 4 is 5.97 Å². The van der Waals surface area contributed by atoms with Crippen LogP contribution >= 0.6 is 0 Å². The average Bonchev–Trinajstić information content (AvgIpc) is 2.28. The fourth-order valence-electron chi connectivity index (χ4n) is 0.649. The standard InChI is InChI=1S/C10H14O2.C2H4O3/c1-10(2,3)12-11-9-7-5-4-6-8-9;1-2(3)5-4/h4-8H,1-3H3;4H,1H3. The summed E-state index contributed by atoms with van der Waals surface area (Å²) in [6.07, 6.45) is 0.